The molecule has 0 N–H and O–H groups in total. The first-order chi connectivity index (χ1) is 14.7. The topological polar surface area (TPSA) is 18.5 Å². The third kappa shape index (κ3) is 4.96. The minimum absolute atomic E-state index is 0.119. The van der Waals surface area contributed by atoms with Crippen LogP contribution in [-0.4, -0.2) is 0 Å². The Hall–Kier alpha value is -2.96. The maximum absolute atomic E-state index is 14.9. The summed E-state index contributed by atoms with van der Waals surface area (Å²) in [5.74, 6) is 0.347. The van der Waals surface area contributed by atoms with Crippen LogP contribution in [0.25, 0.3) is 0 Å². The number of halogens is 2. The van der Waals surface area contributed by atoms with Gasteiger partial charge in [0, 0.05) is 0 Å². The highest BCUT2D eigenvalue weighted by Gasteiger charge is 2.15. The Kier molecular flexibility index (Phi) is 6.57. The van der Waals surface area contributed by atoms with Crippen molar-refractivity contribution in [1.82, 2.24) is 0 Å². The van der Waals surface area contributed by atoms with E-state index in [4.69, 9.17) is 9.47 Å². The zero-order valence-corrected chi connectivity index (χ0v) is 17.3. The molecule has 30 heavy (non-hydrogen) atoms. The summed E-state index contributed by atoms with van der Waals surface area (Å²) in [6.45, 7) is 0. The van der Waals surface area contributed by atoms with Crippen LogP contribution in [0, 0.1) is 11.6 Å². The number of hydrogen-bond donors (Lipinski definition) is 0. The molecule has 0 unspecified atom stereocenters. The minimum Gasteiger partial charge on any atom is -0.454 e. The molecule has 0 amide bonds. The van der Waals surface area contributed by atoms with Crippen LogP contribution in [0.15, 0.2) is 107 Å². The molecule has 0 saturated heterocycles. The monoisotopic (exact) mass is 438 g/mol. The molecule has 4 rings (SSSR count). The zero-order chi connectivity index (χ0) is 20.8. The van der Waals surface area contributed by atoms with Crippen molar-refractivity contribution < 1.29 is 18.3 Å². The lowest BCUT2D eigenvalue weighted by Gasteiger charge is -2.11. The molecule has 0 aromatic heterocycles. The van der Waals surface area contributed by atoms with Crippen molar-refractivity contribution in [1.29, 1.82) is 0 Å². The van der Waals surface area contributed by atoms with Gasteiger partial charge < -0.3 is 9.47 Å². The summed E-state index contributed by atoms with van der Waals surface area (Å²) in [7, 11) is 2.24. The standard InChI is InChI=1S/C24H16F2O2S2/c25-23-19(27-17-9-3-1-4-10-17)13-7-15-21(23)29-30-22-16-8-14-20(24(22)26)28-18-11-5-2-6-12-18/h1-16H. The molecule has 0 radical (unpaired) electrons. The van der Waals surface area contributed by atoms with E-state index >= 15 is 0 Å². The molecule has 0 aliphatic rings. The molecule has 0 fully saturated rings. The van der Waals surface area contributed by atoms with Crippen LogP contribution in [-0.2, 0) is 0 Å². The predicted octanol–water partition coefficient (Wildman–Crippen LogP) is 8.35. The van der Waals surface area contributed by atoms with Gasteiger partial charge in [0.2, 0.25) is 0 Å². The largest absolute Gasteiger partial charge is 0.454 e. The molecule has 0 atom stereocenters. The van der Waals surface area contributed by atoms with Crippen molar-refractivity contribution in [2.75, 3.05) is 0 Å². The lowest BCUT2D eigenvalue weighted by molar-refractivity contribution is 0.434. The first-order valence-corrected chi connectivity index (χ1v) is 11.2. The normalized spacial score (nSPS) is 10.6. The molecule has 150 valence electrons. The van der Waals surface area contributed by atoms with E-state index in [1.165, 1.54) is 0 Å². The lowest BCUT2D eigenvalue weighted by atomic mass is 10.3. The van der Waals surface area contributed by atoms with Crippen LogP contribution >= 0.6 is 21.6 Å². The van der Waals surface area contributed by atoms with Gasteiger partial charge in [-0.2, -0.15) is 0 Å². The molecule has 0 aliphatic carbocycles. The number of benzene rings is 4. The molecule has 0 bridgehead atoms. The molecule has 0 aliphatic heterocycles. The first-order valence-electron chi connectivity index (χ1n) is 9.08. The van der Waals surface area contributed by atoms with Gasteiger partial charge in [-0.3, -0.25) is 0 Å². The fraction of sp³-hybridized carbons (Fsp3) is 0. The maximum Gasteiger partial charge on any atom is 0.180 e. The summed E-state index contributed by atoms with van der Waals surface area (Å²) in [5.41, 5.74) is 0. The number of para-hydroxylation sites is 2. The Balaban J connectivity index is 1.48. The van der Waals surface area contributed by atoms with Crippen molar-refractivity contribution in [2.45, 2.75) is 9.79 Å². The second kappa shape index (κ2) is 9.69. The molecule has 4 aromatic carbocycles. The van der Waals surface area contributed by atoms with Crippen LogP contribution in [0.3, 0.4) is 0 Å². The fourth-order valence-corrected chi connectivity index (χ4v) is 4.69. The van der Waals surface area contributed by atoms with Gasteiger partial charge in [-0.1, -0.05) is 48.5 Å². The summed E-state index contributed by atoms with van der Waals surface area (Å²) < 4.78 is 40.9. The van der Waals surface area contributed by atoms with Gasteiger partial charge in [-0.15, -0.1) is 0 Å². The first kappa shape index (κ1) is 20.3. The Morgan fingerprint density at radius 2 is 0.867 bits per heavy atom. The van der Waals surface area contributed by atoms with Gasteiger partial charge in [0.05, 0.1) is 9.79 Å². The third-order valence-corrected chi connectivity index (χ3v) is 6.42. The van der Waals surface area contributed by atoms with E-state index in [0.29, 0.717) is 21.3 Å². The van der Waals surface area contributed by atoms with Crippen molar-refractivity contribution in [3.63, 3.8) is 0 Å². The maximum atomic E-state index is 14.9. The van der Waals surface area contributed by atoms with Crippen molar-refractivity contribution in [3.8, 4) is 23.0 Å². The van der Waals surface area contributed by atoms with Crippen LogP contribution in [0.5, 0.6) is 23.0 Å². The smallest absolute Gasteiger partial charge is 0.180 e. The van der Waals surface area contributed by atoms with Crippen molar-refractivity contribution >= 4 is 21.6 Å². The van der Waals surface area contributed by atoms with E-state index in [2.05, 4.69) is 0 Å². The number of ether oxygens (including phenoxy) is 2. The highest BCUT2D eigenvalue weighted by Crippen LogP contribution is 2.43. The summed E-state index contributed by atoms with van der Waals surface area (Å²) in [6, 6.07) is 27.8. The van der Waals surface area contributed by atoms with Crippen LogP contribution in [0.4, 0.5) is 8.78 Å². The number of hydrogen-bond acceptors (Lipinski definition) is 4. The number of rotatable bonds is 7. The van der Waals surface area contributed by atoms with Gasteiger partial charge in [-0.25, -0.2) is 8.78 Å². The Morgan fingerprint density at radius 1 is 0.467 bits per heavy atom. The molecule has 2 nitrogen and oxygen atoms in total. The average molecular weight is 439 g/mol. The highest BCUT2D eigenvalue weighted by molar-refractivity contribution is 8.76. The second-order valence-corrected chi connectivity index (χ2v) is 8.35. The minimum atomic E-state index is -0.490. The van der Waals surface area contributed by atoms with Gasteiger partial charge in [-0.05, 0) is 70.1 Å². The van der Waals surface area contributed by atoms with E-state index in [1.54, 1.807) is 60.7 Å². The van der Waals surface area contributed by atoms with Crippen LogP contribution < -0.4 is 9.47 Å². The van der Waals surface area contributed by atoms with Gasteiger partial charge in [0.15, 0.2) is 23.1 Å². The van der Waals surface area contributed by atoms with Crippen molar-refractivity contribution in [2.24, 2.45) is 0 Å². The summed E-state index contributed by atoms with van der Waals surface area (Å²) >= 11 is 0. The predicted molar refractivity (Wildman–Crippen MR) is 118 cm³/mol. The van der Waals surface area contributed by atoms with Gasteiger partial charge in [0.25, 0.3) is 0 Å². The molecular weight excluding hydrogens is 422 g/mol. The summed E-state index contributed by atoms with van der Waals surface area (Å²) in [5, 5.41) is 0. The summed E-state index contributed by atoms with van der Waals surface area (Å²) in [6.07, 6.45) is 0. The molecule has 0 heterocycles. The Labute approximate surface area is 181 Å². The van der Waals surface area contributed by atoms with E-state index in [9.17, 15) is 8.78 Å². The Bertz CT molecular complexity index is 1030. The van der Waals surface area contributed by atoms with E-state index < -0.39 is 11.6 Å². The quantitative estimate of drug-likeness (QED) is 0.270. The second-order valence-electron chi connectivity index (χ2n) is 6.13. The lowest BCUT2D eigenvalue weighted by Crippen LogP contribution is -1.91. The van der Waals surface area contributed by atoms with Crippen LogP contribution in [0.2, 0.25) is 0 Å². The molecule has 0 spiro atoms. The van der Waals surface area contributed by atoms with E-state index in [-0.39, 0.29) is 11.5 Å². The Morgan fingerprint density at radius 3 is 1.27 bits per heavy atom. The van der Waals surface area contributed by atoms with Gasteiger partial charge in [0.1, 0.15) is 11.5 Å². The zero-order valence-electron chi connectivity index (χ0n) is 15.6. The van der Waals surface area contributed by atoms with Crippen molar-refractivity contribution in [3.05, 3.63) is 109 Å². The average Bonchev–Trinajstić information content (AvgIpc) is 2.78. The summed E-state index contributed by atoms with van der Waals surface area (Å²) in [4.78, 5) is 0.699. The fourth-order valence-electron chi connectivity index (χ4n) is 2.59. The van der Waals surface area contributed by atoms with E-state index in [0.717, 1.165) is 21.6 Å². The molecule has 4 aromatic rings. The van der Waals surface area contributed by atoms with E-state index in [1.807, 2.05) is 36.4 Å². The van der Waals surface area contributed by atoms with Gasteiger partial charge >= 0.3 is 0 Å². The van der Waals surface area contributed by atoms with Crippen LogP contribution in [0.1, 0.15) is 0 Å². The third-order valence-electron chi connectivity index (χ3n) is 4.02. The highest BCUT2D eigenvalue weighted by atomic mass is 33.1. The molecule has 6 heteroatoms. The SMILES string of the molecule is Fc1c(Oc2ccccc2)cccc1SSc1cccc(Oc2ccccc2)c1F. The molecular formula is C24H16F2O2S2. The molecule has 0 saturated carbocycles.